The number of piperidine rings is 1. The molecular formula is C19H21N5O. The van der Waals surface area contributed by atoms with Crippen molar-refractivity contribution in [1.82, 2.24) is 19.9 Å². The molecule has 2 saturated heterocycles. The Morgan fingerprint density at radius 3 is 2.32 bits per heavy atom. The maximum atomic E-state index is 12.8. The minimum absolute atomic E-state index is 0.253. The van der Waals surface area contributed by atoms with Crippen LogP contribution >= 0.6 is 0 Å². The highest BCUT2D eigenvalue weighted by Gasteiger charge is 2.43. The van der Waals surface area contributed by atoms with Gasteiger partial charge in [0.05, 0.1) is 30.1 Å². The molecule has 1 aromatic heterocycles. The summed E-state index contributed by atoms with van der Waals surface area (Å²) in [6, 6.07) is 10.6. The number of aryl methyl sites for hydroxylation is 1. The second kappa shape index (κ2) is 6.67. The molecule has 4 rings (SSSR count). The van der Waals surface area contributed by atoms with Gasteiger partial charge in [0.1, 0.15) is 0 Å². The Hall–Kier alpha value is -2.68. The first-order chi connectivity index (χ1) is 12.2. The highest BCUT2D eigenvalue weighted by molar-refractivity contribution is 5.77. The summed E-state index contributed by atoms with van der Waals surface area (Å²) in [5.74, 6) is 0.253. The van der Waals surface area contributed by atoms with Gasteiger partial charge in [0.2, 0.25) is 5.91 Å². The second-order valence-electron chi connectivity index (χ2n) is 6.97. The number of hydrogen-bond acceptors (Lipinski definition) is 4. The van der Waals surface area contributed by atoms with Gasteiger partial charge in [-0.25, -0.2) is 0 Å². The molecule has 1 amide bonds. The van der Waals surface area contributed by atoms with Crippen LogP contribution in [0.5, 0.6) is 0 Å². The Morgan fingerprint density at radius 2 is 1.72 bits per heavy atom. The van der Waals surface area contributed by atoms with E-state index in [0.717, 1.165) is 37.7 Å². The van der Waals surface area contributed by atoms with Crippen LogP contribution < -0.4 is 0 Å². The number of fused-ring (bicyclic) bond motifs is 2. The molecular weight excluding hydrogens is 314 g/mol. The minimum atomic E-state index is 0.253. The molecule has 2 atom stereocenters. The second-order valence-corrected chi connectivity index (χ2v) is 6.97. The van der Waals surface area contributed by atoms with E-state index in [1.54, 1.807) is 12.4 Å². The third kappa shape index (κ3) is 3.14. The highest BCUT2D eigenvalue weighted by atomic mass is 16.2. The molecule has 128 valence electrons. The van der Waals surface area contributed by atoms with Crippen LogP contribution in [0.25, 0.3) is 0 Å². The van der Waals surface area contributed by atoms with Crippen LogP contribution in [0.15, 0.2) is 36.7 Å². The molecule has 0 saturated carbocycles. The zero-order valence-electron chi connectivity index (χ0n) is 14.1. The van der Waals surface area contributed by atoms with Gasteiger partial charge in [-0.3, -0.25) is 4.79 Å². The van der Waals surface area contributed by atoms with Gasteiger partial charge in [0.15, 0.2) is 0 Å². The van der Waals surface area contributed by atoms with E-state index in [0.29, 0.717) is 30.1 Å². The van der Waals surface area contributed by atoms with E-state index in [4.69, 9.17) is 5.26 Å². The molecule has 25 heavy (non-hydrogen) atoms. The molecule has 6 heteroatoms. The van der Waals surface area contributed by atoms with Crippen molar-refractivity contribution in [3.63, 3.8) is 0 Å². The summed E-state index contributed by atoms with van der Waals surface area (Å²) < 4.78 is 0. The lowest BCUT2D eigenvalue weighted by atomic mass is 9.97. The van der Waals surface area contributed by atoms with E-state index in [2.05, 4.69) is 21.2 Å². The lowest BCUT2D eigenvalue weighted by Gasteiger charge is -2.38. The van der Waals surface area contributed by atoms with Crippen LogP contribution in [0.4, 0.5) is 0 Å². The fourth-order valence-electron chi connectivity index (χ4n) is 4.29. The molecule has 6 nitrogen and oxygen atoms in total. The predicted molar refractivity (Wildman–Crippen MR) is 91.4 cm³/mol. The van der Waals surface area contributed by atoms with Gasteiger partial charge in [0.25, 0.3) is 0 Å². The van der Waals surface area contributed by atoms with Crippen LogP contribution in [0.2, 0.25) is 0 Å². The number of carbonyl (C=O) groups is 1. The van der Waals surface area contributed by atoms with Crippen molar-refractivity contribution in [3.05, 3.63) is 47.8 Å². The first-order valence-corrected chi connectivity index (χ1v) is 8.90. The Kier molecular flexibility index (Phi) is 4.22. The van der Waals surface area contributed by atoms with Crippen molar-refractivity contribution in [2.75, 3.05) is 0 Å². The normalized spacial score (nSPS) is 24.9. The molecule has 3 heterocycles. The van der Waals surface area contributed by atoms with Gasteiger partial charge in [-0.1, -0.05) is 12.1 Å². The number of nitriles is 1. The molecule has 0 N–H and O–H groups in total. The van der Waals surface area contributed by atoms with Crippen molar-refractivity contribution in [3.8, 4) is 6.07 Å². The molecule has 2 aromatic rings. The van der Waals surface area contributed by atoms with Crippen molar-refractivity contribution in [2.45, 2.75) is 56.7 Å². The zero-order valence-corrected chi connectivity index (χ0v) is 14.1. The van der Waals surface area contributed by atoms with Gasteiger partial charge in [0, 0.05) is 18.5 Å². The number of benzene rings is 1. The average molecular weight is 335 g/mol. The van der Waals surface area contributed by atoms with Crippen molar-refractivity contribution < 1.29 is 4.79 Å². The monoisotopic (exact) mass is 335 g/mol. The van der Waals surface area contributed by atoms with Crippen molar-refractivity contribution >= 4 is 5.91 Å². The Morgan fingerprint density at radius 1 is 1.08 bits per heavy atom. The fraction of sp³-hybridized carbons (Fsp3) is 0.474. The maximum absolute atomic E-state index is 12.8. The standard InChI is InChI=1S/C19H21N5O/c20-13-15-3-1-14(2-4-15)5-8-19(25)23-16-6-7-17(23)12-18(11-16)24-21-9-10-22-24/h1-4,9-10,16-18H,5-8,11-12H2. The topological polar surface area (TPSA) is 74.8 Å². The van der Waals surface area contributed by atoms with Crippen LogP contribution in [0, 0.1) is 11.3 Å². The lowest BCUT2D eigenvalue weighted by molar-refractivity contribution is -0.136. The summed E-state index contributed by atoms with van der Waals surface area (Å²) in [4.78, 5) is 16.7. The summed E-state index contributed by atoms with van der Waals surface area (Å²) in [6.45, 7) is 0. The number of aromatic nitrogens is 3. The summed E-state index contributed by atoms with van der Waals surface area (Å²) >= 11 is 0. The van der Waals surface area contributed by atoms with Crippen LogP contribution in [-0.2, 0) is 11.2 Å². The first-order valence-electron chi connectivity index (χ1n) is 8.90. The SMILES string of the molecule is N#Cc1ccc(CCC(=O)N2C3CCC2CC(n2nccn2)C3)cc1. The molecule has 2 fully saturated rings. The van der Waals surface area contributed by atoms with E-state index >= 15 is 0 Å². The maximum Gasteiger partial charge on any atom is 0.223 e. The van der Waals surface area contributed by atoms with E-state index < -0.39 is 0 Å². The van der Waals surface area contributed by atoms with Crippen molar-refractivity contribution in [1.29, 1.82) is 5.26 Å². The number of amides is 1. The smallest absolute Gasteiger partial charge is 0.223 e. The number of nitrogens with zero attached hydrogens (tertiary/aromatic N) is 5. The van der Waals surface area contributed by atoms with Gasteiger partial charge in [-0.05, 0) is 49.8 Å². The Bertz CT molecular complexity index is 763. The predicted octanol–water partition coefficient (Wildman–Crippen LogP) is 2.48. The average Bonchev–Trinajstić information content (AvgIpc) is 3.27. The Balaban J connectivity index is 1.37. The van der Waals surface area contributed by atoms with Crippen molar-refractivity contribution in [2.24, 2.45) is 0 Å². The summed E-state index contributed by atoms with van der Waals surface area (Å²) in [6.07, 6.45) is 8.78. The summed E-state index contributed by atoms with van der Waals surface area (Å²) in [5, 5.41) is 17.4. The zero-order chi connectivity index (χ0) is 17.2. The van der Waals surface area contributed by atoms with E-state index in [-0.39, 0.29) is 5.91 Å². The van der Waals surface area contributed by atoms with E-state index in [9.17, 15) is 4.79 Å². The largest absolute Gasteiger partial charge is 0.337 e. The van der Waals surface area contributed by atoms with E-state index in [1.807, 2.05) is 29.1 Å². The third-order valence-electron chi connectivity index (χ3n) is 5.47. The molecule has 1 aromatic carbocycles. The molecule has 2 aliphatic heterocycles. The summed E-state index contributed by atoms with van der Waals surface area (Å²) in [5.41, 5.74) is 1.76. The molecule has 0 aliphatic carbocycles. The molecule has 2 bridgehead atoms. The molecule has 0 radical (unpaired) electrons. The molecule has 2 unspecified atom stereocenters. The van der Waals surface area contributed by atoms with Crippen LogP contribution in [-0.4, -0.2) is 37.9 Å². The van der Waals surface area contributed by atoms with Gasteiger partial charge in [-0.2, -0.15) is 20.3 Å². The minimum Gasteiger partial charge on any atom is -0.337 e. The number of hydrogen-bond donors (Lipinski definition) is 0. The van der Waals surface area contributed by atoms with Crippen LogP contribution in [0.1, 0.15) is 49.3 Å². The highest BCUT2D eigenvalue weighted by Crippen LogP contribution is 2.40. The quantitative estimate of drug-likeness (QED) is 0.860. The molecule has 2 aliphatic rings. The molecule has 0 spiro atoms. The van der Waals surface area contributed by atoms with Crippen LogP contribution in [0.3, 0.4) is 0 Å². The number of carbonyl (C=O) groups excluding carboxylic acids is 1. The van der Waals surface area contributed by atoms with Gasteiger partial charge in [-0.15, -0.1) is 0 Å². The Labute approximate surface area is 147 Å². The van der Waals surface area contributed by atoms with E-state index in [1.165, 1.54) is 0 Å². The summed E-state index contributed by atoms with van der Waals surface area (Å²) in [7, 11) is 0. The first kappa shape index (κ1) is 15.8. The third-order valence-corrected chi connectivity index (χ3v) is 5.47. The van der Waals surface area contributed by atoms with Gasteiger partial charge < -0.3 is 4.90 Å². The number of rotatable bonds is 4. The van der Waals surface area contributed by atoms with Gasteiger partial charge >= 0.3 is 0 Å². The lowest BCUT2D eigenvalue weighted by Crippen LogP contribution is -2.47. The fourth-order valence-corrected chi connectivity index (χ4v) is 4.29.